The zero-order valence-electron chi connectivity index (χ0n) is 14.8. The topological polar surface area (TPSA) is 104 Å². The van der Waals surface area contributed by atoms with Crippen LogP contribution in [-0.4, -0.2) is 43.2 Å². The van der Waals surface area contributed by atoms with Gasteiger partial charge in [-0.2, -0.15) is 0 Å². The van der Waals surface area contributed by atoms with Gasteiger partial charge in [0.05, 0.1) is 31.0 Å². The van der Waals surface area contributed by atoms with Gasteiger partial charge in [-0.3, -0.25) is 4.79 Å². The molecule has 1 amide bonds. The molecule has 1 aromatic carbocycles. The molecule has 1 N–H and O–H groups in total. The maximum absolute atomic E-state index is 12.3. The zero-order valence-corrected chi connectivity index (χ0v) is 15.6. The van der Waals surface area contributed by atoms with Gasteiger partial charge in [0, 0.05) is 6.20 Å². The highest BCUT2D eigenvalue weighted by molar-refractivity contribution is 6.32. The van der Waals surface area contributed by atoms with Crippen molar-refractivity contribution in [3.05, 3.63) is 52.8 Å². The lowest BCUT2D eigenvalue weighted by atomic mass is 10.1. The summed E-state index contributed by atoms with van der Waals surface area (Å²) in [5.74, 6) is -1.69. The van der Waals surface area contributed by atoms with Crippen LogP contribution >= 0.6 is 11.6 Å². The van der Waals surface area contributed by atoms with Crippen LogP contribution in [0.1, 0.15) is 27.6 Å². The Kier molecular flexibility index (Phi) is 6.73. The largest absolute Gasteiger partial charge is 0.481 e. The number of esters is 2. The number of carbonyl (C=O) groups is 3. The molecule has 0 aliphatic carbocycles. The number of hydrogen-bond acceptors (Lipinski definition) is 7. The van der Waals surface area contributed by atoms with E-state index < -0.39 is 23.9 Å². The van der Waals surface area contributed by atoms with E-state index in [1.807, 2.05) is 0 Å². The van der Waals surface area contributed by atoms with Crippen LogP contribution in [0.2, 0.25) is 5.15 Å². The number of nitrogens with zero attached hydrogens (tertiary/aromatic N) is 1. The smallest absolute Gasteiger partial charge is 0.338 e. The molecule has 0 radical (unpaired) electrons. The molecule has 0 unspecified atom stereocenters. The van der Waals surface area contributed by atoms with E-state index in [4.69, 9.17) is 16.3 Å². The minimum Gasteiger partial charge on any atom is -0.481 e. The van der Waals surface area contributed by atoms with Crippen molar-refractivity contribution in [3.63, 3.8) is 0 Å². The molecule has 9 heteroatoms. The van der Waals surface area contributed by atoms with Crippen LogP contribution < -0.4 is 10.1 Å². The summed E-state index contributed by atoms with van der Waals surface area (Å²) in [6, 6.07) is 7.24. The Bertz CT molecular complexity index is 836. The van der Waals surface area contributed by atoms with Gasteiger partial charge in [-0.05, 0) is 37.3 Å². The van der Waals surface area contributed by atoms with Crippen molar-refractivity contribution in [1.82, 2.24) is 4.98 Å². The van der Waals surface area contributed by atoms with Gasteiger partial charge in [0.25, 0.3) is 5.91 Å². The summed E-state index contributed by atoms with van der Waals surface area (Å²) in [4.78, 5) is 39.8. The Morgan fingerprint density at radius 3 is 2.19 bits per heavy atom. The monoisotopic (exact) mass is 392 g/mol. The van der Waals surface area contributed by atoms with Gasteiger partial charge >= 0.3 is 11.9 Å². The van der Waals surface area contributed by atoms with Gasteiger partial charge in [0.15, 0.2) is 11.3 Å². The second-order valence-corrected chi connectivity index (χ2v) is 5.68. The van der Waals surface area contributed by atoms with Crippen LogP contribution in [0.15, 0.2) is 36.5 Å². The quantitative estimate of drug-likeness (QED) is 0.595. The third-order valence-electron chi connectivity index (χ3n) is 3.45. The van der Waals surface area contributed by atoms with Crippen molar-refractivity contribution < 1.29 is 28.6 Å². The molecule has 27 heavy (non-hydrogen) atoms. The normalized spacial score (nSPS) is 11.3. The van der Waals surface area contributed by atoms with Crippen LogP contribution in [0, 0.1) is 0 Å². The van der Waals surface area contributed by atoms with Crippen LogP contribution in [0.25, 0.3) is 0 Å². The fourth-order valence-corrected chi connectivity index (χ4v) is 2.28. The highest BCUT2D eigenvalue weighted by Gasteiger charge is 2.19. The summed E-state index contributed by atoms with van der Waals surface area (Å²) in [5.41, 5.74) is 0.495. The number of halogens is 1. The first-order chi connectivity index (χ1) is 12.8. The Morgan fingerprint density at radius 1 is 1.07 bits per heavy atom. The van der Waals surface area contributed by atoms with Gasteiger partial charge in [-0.25, -0.2) is 14.6 Å². The Hall–Kier alpha value is -3.13. The number of methoxy groups -OCH3 is 2. The average molecular weight is 393 g/mol. The van der Waals surface area contributed by atoms with E-state index in [9.17, 15) is 14.4 Å². The lowest BCUT2D eigenvalue weighted by molar-refractivity contribution is -0.122. The minimum absolute atomic E-state index is 0.0818. The molecule has 142 valence electrons. The summed E-state index contributed by atoms with van der Waals surface area (Å²) < 4.78 is 14.9. The fraction of sp³-hybridized carbons (Fsp3) is 0.222. The first-order valence-corrected chi connectivity index (χ1v) is 8.13. The molecule has 2 aromatic rings. The van der Waals surface area contributed by atoms with E-state index >= 15 is 0 Å². The van der Waals surface area contributed by atoms with Gasteiger partial charge in [-0.1, -0.05) is 11.6 Å². The van der Waals surface area contributed by atoms with E-state index in [1.165, 1.54) is 45.5 Å². The van der Waals surface area contributed by atoms with E-state index in [-0.39, 0.29) is 22.0 Å². The number of rotatable bonds is 6. The number of aromatic nitrogens is 1. The van der Waals surface area contributed by atoms with E-state index in [0.717, 1.165) is 0 Å². The summed E-state index contributed by atoms with van der Waals surface area (Å²) >= 11 is 5.91. The number of benzene rings is 1. The molecule has 8 nitrogen and oxygen atoms in total. The minimum atomic E-state index is -0.959. The van der Waals surface area contributed by atoms with Crippen LogP contribution in [-0.2, 0) is 14.3 Å². The second kappa shape index (κ2) is 9.00. The Morgan fingerprint density at radius 2 is 1.67 bits per heavy atom. The molecule has 0 saturated carbocycles. The third-order valence-corrected chi connectivity index (χ3v) is 3.75. The van der Waals surface area contributed by atoms with Gasteiger partial charge < -0.3 is 19.5 Å². The standard InChI is InChI=1S/C18H17ClN2O6/c1-10(16(22)21-14-5-4-6-20-15(14)19)27-13-8-11(17(23)25-2)7-12(9-13)18(24)26-3/h4-10H,1-3H3,(H,21,22)/t10-/m0/s1. The summed E-state index contributed by atoms with van der Waals surface area (Å²) in [6.07, 6.45) is 0.532. The Labute approximate surface area is 160 Å². The molecule has 0 saturated heterocycles. The number of anilines is 1. The molecule has 0 aliphatic rings. The van der Waals surface area contributed by atoms with E-state index in [2.05, 4.69) is 19.8 Å². The van der Waals surface area contributed by atoms with Crippen LogP contribution in [0.4, 0.5) is 5.69 Å². The number of nitrogens with one attached hydrogen (secondary N) is 1. The molecule has 2 rings (SSSR count). The fourth-order valence-electron chi connectivity index (χ4n) is 2.11. The molecule has 1 heterocycles. The zero-order chi connectivity index (χ0) is 20.0. The first-order valence-electron chi connectivity index (χ1n) is 7.75. The van der Waals surface area contributed by atoms with E-state index in [0.29, 0.717) is 5.69 Å². The third kappa shape index (κ3) is 5.18. The second-order valence-electron chi connectivity index (χ2n) is 5.32. The summed E-state index contributed by atoms with van der Waals surface area (Å²) in [7, 11) is 2.42. The van der Waals surface area contributed by atoms with Crippen molar-refractivity contribution in [2.24, 2.45) is 0 Å². The van der Waals surface area contributed by atoms with Gasteiger partial charge in [0.2, 0.25) is 0 Å². The number of carbonyl (C=O) groups excluding carboxylic acids is 3. The van der Waals surface area contributed by atoms with Crippen LogP contribution in [0.5, 0.6) is 5.75 Å². The number of ether oxygens (including phenoxy) is 3. The van der Waals surface area contributed by atoms with Gasteiger partial charge in [0.1, 0.15) is 5.75 Å². The molecular formula is C18H17ClN2O6. The first kappa shape index (κ1) is 20.2. The van der Waals surface area contributed by atoms with Gasteiger partial charge in [-0.15, -0.1) is 0 Å². The molecule has 0 aliphatic heterocycles. The lowest BCUT2D eigenvalue weighted by Gasteiger charge is -2.16. The molecule has 0 fully saturated rings. The number of hydrogen-bond donors (Lipinski definition) is 1. The van der Waals surface area contributed by atoms with Crippen molar-refractivity contribution in [2.75, 3.05) is 19.5 Å². The maximum Gasteiger partial charge on any atom is 0.338 e. The SMILES string of the molecule is COC(=O)c1cc(O[C@@H](C)C(=O)Nc2cccnc2Cl)cc(C(=O)OC)c1. The molecule has 0 spiro atoms. The lowest BCUT2D eigenvalue weighted by Crippen LogP contribution is -2.30. The average Bonchev–Trinajstić information content (AvgIpc) is 2.67. The summed E-state index contributed by atoms with van der Waals surface area (Å²) in [6.45, 7) is 1.50. The predicted octanol–water partition coefficient (Wildman–Crippen LogP) is 2.71. The van der Waals surface area contributed by atoms with Crippen molar-refractivity contribution in [3.8, 4) is 5.75 Å². The highest BCUT2D eigenvalue weighted by Crippen LogP contribution is 2.22. The predicted molar refractivity (Wildman–Crippen MR) is 97.1 cm³/mol. The summed E-state index contributed by atoms with van der Waals surface area (Å²) in [5, 5.41) is 2.72. The molecule has 1 atom stereocenters. The molecular weight excluding hydrogens is 376 g/mol. The van der Waals surface area contributed by atoms with Crippen molar-refractivity contribution in [1.29, 1.82) is 0 Å². The number of amides is 1. The van der Waals surface area contributed by atoms with Crippen LogP contribution in [0.3, 0.4) is 0 Å². The van der Waals surface area contributed by atoms with Crippen molar-refractivity contribution in [2.45, 2.75) is 13.0 Å². The maximum atomic E-state index is 12.3. The number of pyridine rings is 1. The van der Waals surface area contributed by atoms with Crippen molar-refractivity contribution >= 4 is 35.1 Å². The Balaban J connectivity index is 2.21. The van der Waals surface area contributed by atoms with E-state index in [1.54, 1.807) is 12.1 Å². The highest BCUT2D eigenvalue weighted by atomic mass is 35.5. The molecule has 1 aromatic heterocycles. The molecule has 0 bridgehead atoms.